The standard InChI is InChI=1S/C5H6FNO/c6-5-2-1-3-7(8)4-5/h1-3,8H,4H2. The third-order valence-electron chi connectivity index (χ3n) is 0.848. The highest BCUT2D eigenvalue weighted by Gasteiger charge is 2.00. The van der Waals surface area contributed by atoms with Gasteiger partial charge in [-0.25, -0.2) is 4.39 Å². The average molecular weight is 115 g/mol. The predicted molar refractivity (Wildman–Crippen MR) is 26.8 cm³/mol. The normalized spacial score (nSPS) is 18.8. The van der Waals surface area contributed by atoms with Gasteiger partial charge in [0.05, 0.1) is 6.54 Å². The number of hydroxylamine groups is 2. The van der Waals surface area contributed by atoms with Crippen LogP contribution in [0.2, 0.25) is 0 Å². The van der Waals surface area contributed by atoms with Crippen molar-refractivity contribution in [3.63, 3.8) is 0 Å². The van der Waals surface area contributed by atoms with Crippen LogP contribution in [0.4, 0.5) is 4.39 Å². The molecule has 1 rings (SSSR count). The lowest BCUT2D eigenvalue weighted by molar-refractivity contribution is -0.0370. The van der Waals surface area contributed by atoms with Crippen LogP contribution in [-0.4, -0.2) is 16.8 Å². The van der Waals surface area contributed by atoms with Crippen LogP contribution in [0.1, 0.15) is 0 Å². The maximum atomic E-state index is 12.0. The third-order valence-corrected chi connectivity index (χ3v) is 0.848. The zero-order valence-corrected chi connectivity index (χ0v) is 4.21. The molecule has 0 aromatic heterocycles. The smallest absolute Gasteiger partial charge is 0.122 e. The molecule has 2 nitrogen and oxygen atoms in total. The Bertz CT molecular complexity index is 141. The minimum absolute atomic E-state index is 0.0312. The van der Waals surface area contributed by atoms with Crippen molar-refractivity contribution in [2.24, 2.45) is 0 Å². The Morgan fingerprint density at radius 1 is 1.75 bits per heavy atom. The van der Waals surface area contributed by atoms with Crippen molar-refractivity contribution < 1.29 is 9.60 Å². The van der Waals surface area contributed by atoms with Crippen molar-refractivity contribution in [1.29, 1.82) is 0 Å². The first-order valence-corrected chi connectivity index (χ1v) is 2.27. The lowest BCUT2D eigenvalue weighted by Crippen LogP contribution is -2.15. The van der Waals surface area contributed by atoms with Gasteiger partial charge in [0.15, 0.2) is 0 Å². The molecule has 1 N–H and O–H groups in total. The molecule has 8 heavy (non-hydrogen) atoms. The van der Waals surface area contributed by atoms with Crippen molar-refractivity contribution in [2.45, 2.75) is 0 Å². The summed E-state index contributed by atoms with van der Waals surface area (Å²) in [6.45, 7) is -0.0312. The van der Waals surface area contributed by atoms with Crippen LogP contribution >= 0.6 is 0 Å². The van der Waals surface area contributed by atoms with Gasteiger partial charge >= 0.3 is 0 Å². The first-order valence-electron chi connectivity index (χ1n) is 2.27. The van der Waals surface area contributed by atoms with Crippen molar-refractivity contribution >= 4 is 0 Å². The van der Waals surface area contributed by atoms with Crippen LogP contribution < -0.4 is 0 Å². The minimum Gasteiger partial charge on any atom is -0.289 e. The van der Waals surface area contributed by atoms with Crippen LogP contribution in [0.25, 0.3) is 0 Å². The summed E-state index contributed by atoms with van der Waals surface area (Å²) in [5.74, 6) is -0.324. The summed E-state index contributed by atoms with van der Waals surface area (Å²) >= 11 is 0. The fourth-order valence-electron chi connectivity index (χ4n) is 0.507. The Kier molecular flexibility index (Phi) is 1.30. The van der Waals surface area contributed by atoms with E-state index in [4.69, 9.17) is 5.21 Å². The molecule has 0 aliphatic carbocycles. The molecule has 0 bridgehead atoms. The molecule has 44 valence electrons. The molecule has 0 amide bonds. The fraction of sp³-hybridized carbons (Fsp3) is 0.200. The maximum absolute atomic E-state index is 12.0. The second-order valence-corrected chi connectivity index (χ2v) is 1.55. The van der Waals surface area contributed by atoms with Gasteiger partial charge in [-0.05, 0) is 12.2 Å². The molecule has 0 saturated heterocycles. The highest BCUT2D eigenvalue weighted by Crippen LogP contribution is 2.04. The van der Waals surface area contributed by atoms with E-state index in [1.165, 1.54) is 18.4 Å². The number of hydrogen-bond acceptors (Lipinski definition) is 2. The van der Waals surface area contributed by atoms with E-state index in [2.05, 4.69) is 0 Å². The Balaban J connectivity index is 2.59. The molecule has 0 aromatic carbocycles. The Hall–Kier alpha value is -0.830. The van der Waals surface area contributed by atoms with Crippen molar-refractivity contribution in [3.8, 4) is 0 Å². The summed E-state index contributed by atoms with van der Waals surface area (Å²) in [5, 5.41) is 9.33. The predicted octanol–water partition coefficient (Wildman–Crippen LogP) is 1.06. The van der Waals surface area contributed by atoms with Crippen LogP contribution in [0.5, 0.6) is 0 Å². The molecule has 0 aromatic rings. The summed E-state index contributed by atoms with van der Waals surface area (Å²) in [4.78, 5) is 0. The SMILES string of the molecule is ON1C=CC=C(F)C1. The maximum Gasteiger partial charge on any atom is 0.122 e. The minimum atomic E-state index is -0.324. The Morgan fingerprint density at radius 3 is 2.88 bits per heavy atom. The summed E-state index contributed by atoms with van der Waals surface area (Å²) < 4.78 is 12.0. The fourth-order valence-corrected chi connectivity index (χ4v) is 0.507. The van der Waals surface area contributed by atoms with Gasteiger partial charge in [-0.1, -0.05) is 0 Å². The second kappa shape index (κ2) is 1.96. The van der Waals surface area contributed by atoms with Gasteiger partial charge in [0.1, 0.15) is 5.83 Å². The van der Waals surface area contributed by atoms with Gasteiger partial charge in [-0.3, -0.25) is 10.3 Å². The largest absolute Gasteiger partial charge is 0.289 e. The van der Waals surface area contributed by atoms with Gasteiger partial charge in [0, 0.05) is 6.20 Å². The van der Waals surface area contributed by atoms with E-state index in [1.54, 1.807) is 0 Å². The van der Waals surface area contributed by atoms with E-state index >= 15 is 0 Å². The number of nitrogens with zero attached hydrogens (tertiary/aromatic N) is 1. The first-order chi connectivity index (χ1) is 3.79. The van der Waals surface area contributed by atoms with Gasteiger partial charge < -0.3 is 0 Å². The molecule has 1 aliphatic rings. The number of hydrogen-bond donors (Lipinski definition) is 1. The Labute approximate surface area is 46.5 Å². The molecule has 0 radical (unpaired) electrons. The van der Waals surface area contributed by atoms with Crippen molar-refractivity contribution in [2.75, 3.05) is 6.54 Å². The van der Waals surface area contributed by atoms with Crippen molar-refractivity contribution in [3.05, 3.63) is 24.2 Å². The topological polar surface area (TPSA) is 23.5 Å². The van der Waals surface area contributed by atoms with E-state index in [9.17, 15) is 4.39 Å². The van der Waals surface area contributed by atoms with Gasteiger partial charge in [0.2, 0.25) is 0 Å². The monoisotopic (exact) mass is 115 g/mol. The molecule has 3 heteroatoms. The summed E-state index contributed by atoms with van der Waals surface area (Å²) in [7, 11) is 0. The number of allylic oxidation sites excluding steroid dienone is 2. The summed E-state index contributed by atoms with van der Waals surface area (Å²) in [6.07, 6.45) is 4.15. The highest BCUT2D eigenvalue weighted by atomic mass is 19.1. The van der Waals surface area contributed by atoms with Gasteiger partial charge in [0.25, 0.3) is 0 Å². The molecule has 1 heterocycles. The molecule has 0 unspecified atom stereocenters. The second-order valence-electron chi connectivity index (χ2n) is 1.55. The quantitative estimate of drug-likeness (QED) is 0.510. The van der Waals surface area contributed by atoms with E-state index in [1.807, 2.05) is 0 Å². The van der Waals surface area contributed by atoms with Crippen LogP contribution in [0.3, 0.4) is 0 Å². The lowest BCUT2D eigenvalue weighted by Gasteiger charge is -2.11. The molecule has 0 fully saturated rings. The highest BCUT2D eigenvalue weighted by molar-refractivity contribution is 5.11. The third kappa shape index (κ3) is 1.07. The van der Waals surface area contributed by atoms with E-state index in [-0.39, 0.29) is 12.4 Å². The average Bonchev–Trinajstić information content (AvgIpc) is 1.64. The zero-order valence-electron chi connectivity index (χ0n) is 4.21. The molecular weight excluding hydrogens is 109 g/mol. The lowest BCUT2D eigenvalue weighted by atomic mass is 10.4. The first kappa shape index (κ1) is 5.31. The molecule has 1 aliphatic heterocycles. The molecule has 0 atom stereocenters. The van der Waals surface area contributed by atoms with Crippen LogP contribution in [-0.2, 0) is 0 Å². The molecule has 0 spiro atoms. The van der Waals surface area contributed by atoms with Crippen LogP contribution in [0, 0.1) is 0 Å². The van der Waals surface area contributed by atoms with Gasteiger partial charge in [-0.15, -0.1) is 0 Å². The van der Waals surface area contributed by atoms with Gasteiger partial charge in [-0.2, -0.15) is 0 Å². The summed E-state index contributed by atoms with van der Waals surface area (Å²) in [6, 6.07) is 0. The number of halogens is 1. The van der Waals surface area contributed by atoms with Crippen LogP contribution in [0.15, 0.2) is 24.2 Å². The summed E-state index contributed by atoms with van der Waals surface area (Å²) in [5.41, 5.74) is 0. The van der Waals surface area contributed by atoms with Crippen molar-refractivity contribution in [1.82, 2.24) is 5.06 Å². The van der Waals surface area contributed by atoms with E-state index in [0.29, 0.717) is 0 Å². The molecular formula is C5H6FNO. The van der Waals surface area contributed by atoms with E-state index < -0.39 is 0 Å². The van der Waals surface area contributed by atoms with E-state index in [0.717, 1.165) is 5.06 Å². The number of rotatable bonds is 0. The Morgan fingerprint density at radius 2 is 2.50 bits per heavy atom. The molecule has 0 saturated carbocycles. The zero-order chi connectivity index (χ0) is 5.98.